The highest BCUT2D eigenvalue weighted by Crippen LogP contribution is 2.44. The van der Waals surface area contributed by atoms with Gasteiger partial charge in [-0.15, -0.1) is 5.06 Å². The fourth-order valence-electron chi connectivity index (χ4n) is 4.39. The molecule has 8 nitrogen and oxygen atoms in total. The van der Waals surface area contributed by atoms with Crippen LogP contribution < -0.4 is 11.2 Å². The Hall–Kier alpha value is -4.74. The van der Waals surface area contributed by atoms with Crippen molar-refractivity contribution < 1.29 is 41.2 Å². The molecule has 1 atom stereocenters. The third-order valence-electron chi connectivity index (χ3n) is 6.67. The first-order valence-electron chi connectivity index (χ1n) is 11.5. The van der Waals surface area contributed by atoms with E-state index in [2.05, 4.69) is 0 Å². The van der Waals surface area contributed by atoms with Crippen LogP contribution in [-0.4, -0.2) is 22.8 Å². The van der Waals surface area contributed by atoms with E-state index >= 15 is 4.39 Å². The second-order valence-corrected chi connectivity index (χ2v) is 9.32. The maximum Gasteiger partial charge on any atom is 0.346 e. The molecule has 1 aromatic rings. The number of amides is 2. The summed E-state index contributed by atoms with van der Waals surface area (Å²) in [6.45, 7) is 2.98. The minimum absolute atomic E-state index is 0.103. The number of rotatable bonds is 3. The summed E-state index contributed by atoms with van der Waals surface area (Å²) in [5, 5.41) is 0.138. The number of hydroxylamine groups is 2. The molecule has 2 heterocycles. The molecule has 0 radical (unpaired) electrons. The van der Waals surface area contributed by atoms with Crippen molar-refractivity contribution in [2.45, 2.75) is 26.7 Å². The van der Waals surface area contributed by atoms with Crippen molar-refractivity contribution in [3.63, 3.8) is 0 Å². The van der Waals surface area contributed by atoms with Gasteiger partial charge in [-0.1, -0.05) is 24.3 Å². The highest BCUT2D eigenvalue weighted by Gasteiger charge is 2.39. The van der Waals surface area contributed by atoms with Gasteiger partial charge in [-0.2, -0.15) is 4.39 Å². The third kappa shape index (κ3) is 3.99. The molecule has 1 saturated heterocycles. The third-order valence-corrected chi connectivity index (χ3v) is 6.67. The Kier molecular flexibility index (Phi) is 5.93. The molecule has 2 aliphatic heterocycles. The van der Waals surface area contributed by atoms with Gasteiger partial charge in [0, 0.05) is 29.4 Å². The summed E-state index contributed by atoms with van der Waals surface area (Å²) in [6.07, 6.45) is 5.31. The van der Waals surface area contributed by atoms with Crippen molar-refractivity contribution in [3.8, 4) is 11.3 Å². The molecule has 1 fully saturated rings. The number of hydrogen-bond acceptors (Lipinski definition) is 7. The number of nitrogen functional groups attached to an aromatic ring is 1. The molecule has 1 aromatic carbocycles. The van der Waals surface area contributed by atoms with Gasteiger partial charge in [0.15, 0.2) is 23.0 Å². The lowest BCUT2D eigenvalue weighted by Gasteiger charge is -2.22. The molecular weight excluding hydrogens is 524 g/mol. The molecule has 0 spiro atoms. The molecule has 39 heavy (non-hydrogen) atoms. The average Bonchev–Trinajstić information content (AvgIpc) is 3.12. The van der Waals surface area contributed by atoms with Crippen LogP contribution in [0.5, 0.6) is 0 Å². The van der Waals surface area contributed by atoms with Crippen LogP contribution in [0.25, 0.3) is 27.9 Å². The molecular formula is C27H18F4N2O6. The number of allylic oxidation sites excluding steroid dienone is 4. The second-order valence-electron chi connectivity index (χ2n) is 9.32. The molecule has 12 heteroatoms. The van der Waals surface area contributed by atoms with Crippen LogP contribution in [0.2, 0.25) is 0 Å². The van der Waals surface area contributed by atoms with Gasteiger partial charge in [-0.05, 0) is 37.1 Å². The van der Waals surface area contributed by atoms with Crippen LogP contribution >= 0.6 is 0 Å². The molecule has 2 N–H and O–H groups in total. The lowest BCUT2D eigenvalue weighted by atomic mass is 9.88. The Morgan fingerprint density at radius 3 is 2.31 bits per heavy atom. The normalized spacial score (nSPS) is 19.5. The zero-order valence-corrected chi connectivity index (χ0v) is 20.4. The van der Waals surface area contributed by atoms with Crippen molar-refractivity contribution in [3.05, 3.63) is 81.1 Å². The fraction of sp³-hybridized carbons (Fsp3) is 0.185. The highest BCUT2D eigenvalue weighted by atomic mass is 19.1. The Morgan fingerprint density at radius 1 is 1.00 bits per heavy atom. The number of nitrogens with two attached hydrogens (primary N) is 1. The summed E-state index contributed by atoms with van der Waals surface area (Å²) in [4.78, 5) is 53.8. The predicted octanol–water partition coefficient (Wildman–Crippen LogP) is 4.55. The SMILES string of the molecule is CC1=C(c2c3cc(F)c(=O)c(F)c-3oc3c(F)c(N)c(F)cc23)C=CC(C)(C(=O)ON2C(=O)CCC2=O)C=C1. The average molecular weight is 542 g/mol. The lowest BCUT2D eigenvalue weighted by molar-refractivity contribution is -0.201. The van der Waals surface area contributed by atoms with E-state index in [1.165, 1.54) is 31.2 Å². The van der Waals surface area contributed by atoms with E-state index in [0.717, 1.165) is 6.07 Å². The summed E-state index contributed by atoms with van der Waals surface area (Å²) < 4.78 is 64.1. The van der Waals surface area contributed by atoms with E-state index in [-0.39, 0.29) is 34.9 Å². The Bertz CT molecular complexity index is 1740. The molecule has 0 aromatic heterocycles. The first kappa shape index (κ1) is 25.9. The number of halogens is 4. The van der Waals surface area contributed by atoms with Gasteiger partial charge < -0.3 is 15.0 Å². The number of anilines is 1. The van der Waals surface area contributed by atoms with E-state index < -0.39 is 68.9 Å². The van der Waals surface area contributed by atoms with Crippen molar-refractivity contribution in [2.75, 3.05) is 5.73 Å². The smallest absolute Gasteiger partial charge is 0.346 e. The summed E-state index contributed by atoms with van der Waals surface area (Å²) in [5.74, 6) is -8.75. The highest BCUT2D eigenvalue weighted by molar-refractivity contribution is 6.04. The van der Waals surface area contributed by atoms with Gasteiger partial charge in [0.05, 0.1) is 0 Å². The number of hydrogen-bond donors (Lipinski definition) is 1. The number of carbonyl (C=O) groups is 3. The topological polar surface area (TPSA) is 120 Å². The number of fused-ring (bicyclic) bond motifs is 2. The van der Waals surface area contributed by atoms with Crippen molar-refractivity contribution in [2.24, 2.45) is 5.41 Å². The van der Waals surface area contributed by atoms with Gasteiger partial charge in [0.25, 0.3) is 17.2 Å². The maximum atomic E-state index is 15.0. The maximum absolute atomic E-state index is 15.0. The van der Waals surface area contributed by atoms with Crippen molar-refractivity contribution >= 4 is 40.0 Å². The standard InChI is InChI=1S/C27H18F4N2O6/c1-11-5-7-27(2,26(37)39-33-17(34)3-4-18(33)35)8-6-12(11)19-13-9-15(28)22(32)20(30)24(13)38-25-14(19)10-16(29)23(36)21(25)31/h5-10H,3-4,32H2,1-2H3. The number of carbonyl (C=O) groups excluding carboxylic acids is 3. The molecule has 5 rings (SSSR count). The van der Waals surface area contributed by atoms with E-state index in [4.69, 9.17) is 15.0 Å². The largest absolute Gasteiger partial charge is 0.450 e. The predicted molar refractivity (Wildman–Crippen MR) is 130 cm³/mol. The number of nitrogens with zero attached hydrogens (tertiary/aromatic N) is 1. The van der Waals surface area contributed by atoms with Crippen LogP contribution in [0.3, 0.4) is 0 Å². The van der Waals surface area contributed by atoms with Gasteiger partial charge >= 0.3 is 5.97 Å². The Morgan fingerprint density at radius 2 is 1.64 bits per heavy atom. The Labute approximate surface area is 216 Å². The summed E-state index contributed by atoms with van der Waals surface area (Å²) in [6, 6.07) is 1.51. The van der Waals surface area contributed by atoms with Crippen LogP contribution in [0.4, 0.5) is 23.2 Å². The second kappa shape index (κ2) is 8.93. The fourth-order valence-corrected chi connectivity index (χ4v) is 4.39. The lowest BCUT2D eigenvalue weighted by Crippen LogP contribution is -2.37. The number of benzene rings is 2. The minimum atomic E-state index is -1.63. The van der Waals surface area contributed by atoms with E-state index in [1.807, 2.05) is 0 Å². The van der Waals surface area contributed by atoms with Crippen molar-refractivity contribution in [1.29, 1.82) is 0 Å². The molecule has 1 unspecified atom stereocenters. The quantitative estimate of drug-likeness (QED) is 0.223. The molecule has 200 valence electrons. The van der Waals surface area contributed by atoms with Crippen LogP contribution in [0.15, 0.2) is 51.2 Å². The molecule has 2 amide bonds. The van der Waals surface area contributed by atoms with Gasteiger partial charge in [0.2, 0.25) is 5.82 Å². The van der Waals surface area contributed by atoms with E-state index in [9.17, 15) is 32.3 Å². The summed E-state index contributed by atoms with van der Waals surface area (Å²) in [7, 11) is 0. The van der Waals surface area contributed by atoms with Gasteiger partial charge in [0.1, 0.15) is 16.9 Å². The molecule has 4 aliphatic rings. The monoisotopic (exact) mass is 542 g/mol. The van der Waals surface area contributed by atoms with Gasteiger partial charge in [-0.3, -0.25) is 14.4 Å². The van der Waals surface area contributed by atoms with E-state index in [0.29, 0.717) is 16.7 Å². The summed E-state index contributed by atoms with van der Waals surface area (Å²) in [5.41, 5.74) is 0.802. The zero-order valence-electron chi connectivity index (χ0n) is 20.4. The van der Waals surface area contributed by atoms with Crippen molar-refractivity contribution in [1.82, 2.24) is 5.06 Å². The molecule has 0 saturated carbocycles. The molecule has 0 bridgehead atoms. The van der Waals surface area contributed by atoms with E-state index in [1.54, 1.807) is 6.92 Å². The van der Waals surface area contributed by atoms with Crippen LogP contribution in [0, 0.1) is 28.7 Å². The zero-order chi connectivity index (χ0) is 28.4. The first-order chi connectivity index (χ1) is 18.3. The molecule has 2 aliphatic carbocycles. The first-order valence-corrected chi connectivity index (χ1v) is 11.5. The minimum Gasteiger partial charge on any atom is -0.450 e. The number of imide groups is 1. The Balaban J connectivity index is 1.72. The van der Waals surface area contributed by atoms with Gasteiger partial charge in [-0.25, -0.2) is 18.0 Å². The summed E-state index contributed by atoms with van der Waals surface area (Å²) >= 11 is 0. The van der Waals surface area contributed by atoms with Crippen LogP contribution in [0.1, 0.15) is 32.3 Å². The van der Waals surface area contributed by atoms with Crippen LogP contribution in [-0.2, 0) is 19.2 Å².